The average molecular weight is 515 g/mol. The first-order valence-corrected chi connectivity index (χ1v) is 19.0. The molecule has 1 aromatic rings. The average Bonchev–Trinajstić information content (AvgIpc) is 2.68. The van der Waals surface area contributed by atoms with E-state index >= 15 is 0 Å². The SMILES string of the molecule is CO[C@@H]1[C@@H](O[Si](C)(C)C(C)(C)C)[C@H](O[Si](C)(C)C(C)(C)C)[C@H](S(=O)c2ccccc2)O[C@H]1C. The van der Waals surface area contributed by atoms with Gasteiger partial charge in [0.25, 0.3) is 0 Å². The number of hydrogen-bond acceptors (Lipinski definition) is 5. The lowest BCUT2D eigenvalue weighted by atomic mass is 10.0. The van der Waals surface area contributed by atoms with Crippen LogP contribution in [0.15, 0.2) is 35.2 Å². The Balaban J connectivity index is 2.59. The molecule has 1 unspecified atom stereocenters. The van der Waals surface area contributed by atoms with Gasteiger partial charge in [-0.15, -0.1) is 0 Å². The number of rotatable bonds is 7. The molecule has 0 bridgehead atoms. The number of benzene rings is 1. The van der Waals surface area contributed by atoms with Gasteiger partial charge in [0.2, 0.25) is 0 Å². The minimum Gasteiger partial charge on any atom is -0.408 e. The second-order valence-electron chi connectivity index (χ2n) is 12.2. The van der Waals surface area contributed by atoms with Gasteiger partial charge in [-0.1, -0.05) is 59.7 Å². The number of methoxy groups -OCH3 is 1. The van der Waals surface area contributed by atoms with Crippen LogP contribution in [-0.4, -0.2) is 57.8 Å². The topological polar surface area (TPSA) is 54.0 Å². The van der Waals surface area contributed by atoms with Crippen molar-refractivity contribution in [3.8, 4) is 0 Å². The fourth-order valence-corrected chi connectivity index (χ4v) is 7.57. The summed E-state index contributed by atoms with van der Waals surface area (Å²) >= 11 is 0. The van der Waals surface area contributed by atoms with Crippen LogP contribution < -0.4 is 0 Å². The fraction of sp³-hybridized carbons (Fsp3) is 0.760. The van der Waals surface area contributed by atoms with E-state index in [0.29, 0.717) is 0 Å². The Bertz CT molecular complexity index is 801. The van der Waals surface area contributed by atoms with Crippen molar-refractivity contribution in [2.24, 2.45) is 0 Å². The smallest absolute Gasteiger partial charge is 0.192 e. The summed E-state index contributed by atoms with van der Waals surface area (Å²) in [4.78, 5) is 0.737. The van der Waals surface area contributed by atoms with Gasteiger partial charge in [0.1, 0.15) is 18.3 Å². The fourth-order valence-electron chi connectivity index (χ4n) is 3.45. The van der Waals surface area contributed by atoms with Crippen molar-refractivity contribution in [3.63, 3.8) is 0 Å². The molecule has 33 heavy (non-hydrogen) atoms. The molecule has 190 valence electrons. The van der Waals surface area contributed by atoms with Crippen LogP contribution in [0.2, 0.25) is 36.3 Å². The zero-order valence-corrected chi connectivity index (χ0v) is 25.5. The molecule has 1 aliphatic heterocycles. The van der Waals surface area contributed by atoms with Crippen molar-refractivity contribution in [1.82, 2.24) is 0 Å². The van der Waals surface area contributed by atoms with E-state index in [1.54, 1.807) is 7.11 Å². The van der Waals surface area contributed by atoms with Crippen molar-refractivity contribution in [1.29, 1.82) is 0 Å². The van der Waals surface area contributed by atoms with E-state index < -0.39 is 39.0 Å². The minimum absolute atomic E-state index is 0.0149. The molecule has 2 rings (SSSR count). The molecular weight excluding hydrogens is 469 g/mol. The molecule has 0 aliphatic carbocycles. The van der Waals surface area contributed by atoms with Gasteiger partial charge < -0.3 is 18.3 Å². The molecule has 0 amide bonds. The highest BCUT2D eigenvalue weighted by atomic mass is 32.2. The lowest BCUT2D eigenvalue weighted by molar-refractivity contribution is -0.193. The molecule has 5 nitrogen and oxygen atoms in total. The van der Waals surface area contributed by atoms with E-state index in [1.165, 1.54) is 0 Å². The van der Waals surface area contributed by atoms with Crippen LogP contribution in [0.25, 0.3) is 0 Å². The maximum Gasteiger partial charge on any atom is 0.192 e. The lowest BCUT2D eigenvalue weighted by Gasteiger charge is -2.52. The number of ether oxygens (including phenoxy) is 2. The summed E-state index contributed by atoms with van der Waals surface area (Å²) in [5, 5.41) is 0.00137. The predicted octanol–water partition coefficient (Wildman–Crippen LogP) is 6.33. The van der Waals surface area contributed by atoms with Crippen LogP contribution in [0.3, 0.4) is 0 Å². The van der Waals surface area contributed by atoms with E-state index in [2.05, 4.69) is 67.7 Å². The number of hydrogen-bond donors (Lipinski definition) is 0. The highest BCUT2D eigenvalue weighted by molar-refractivity contribution is 7.85. The molecule has 6 atom stereocenters. The van der Waals surface area contributed by atoms with Gasteiger partial charge in [0.15, 0.2) is 22.1 Å². The van der Waals surface area contributed by atoms with Crippen molar-refractivity contribution in [2.75, 3.05) is 7.11 Å². The zero-order valence-electron chi connectivity index (χ0n) is 22.7. The van der Waals surface area contributed by atoms with Crippen molar-refractivity contribution in [3.05, 3.63) is 30.3 Å². The second-order valence-corrected chi connectivity index (χ2v) is 23.2. The summed E-state index contributed by atoms with van der Waals surface area (Å²) in [6.07, 6.45) is -1.45. The van der Waals surface area contributed by atoms with Gasteiger partial charge in [-0.3, -0.25) is 4.21 Å². The largest absolute Gasteiger partial charge is 0.408 e. The van der Waals surface area contributed by atoms with E-state index in [0.717, 1.165) is 4.90 Å². The van der Waals surface area contributed by atoms with Crippen molar-refractivity contribution >= 4 is 27.4 Å². The van der Waals surface area contributed by atoms with E-state index in [-0.39, 0.29) is 28.4 Å². The maximum absolute atomic E-state index is 13.8. The first-order valence-electron chi connectivity index (χ1n) is 11.9. The van der Waals surface area contributed by atoms with Gasteiger partial charge in [-0.05, 0) is 55.3 Å². The predicted molar refractivity (Wildman–Crippen MR) is 142 cm³/mol. The van der Waals surface area contributed by atoms with Crippen molar-refractivity contribution < 1.29 is 22.5 Å². The summed E-state index contributed by atoms with van der Waals surface area (Å²) in [6.45, 7) is 24.2. The maximum atomic E-state index is 13.8. The molecule has 0 N–H and O–H groups in total. The zero-order chi connectivity index (χ0) is 25.4. The van der Waals surface area contributed by atoms with Crippen LogP contribution in [0.4, 0.5) is 0 Å². The van der Waals surface area contributed by atoms with Crippen LogP contribution in [0.5, 0.6) is 0 Å². The second kappa shape index (κ2) is 10.3. The third kappa shape index (κ3) is 6.45. The Hall–Kier alpha value is -0.356. The monoisotopic (exact) mass is 514 g/mol. The Morgan fingerprint density at radius 2 is 1.27 bits per heavy atom. The van der Waals surface area contributed by atoms with Gasteiger partial charge in [-0.25, -0.2) is 0 Å². The highest BCUT2D eigenvalue weighted by Gasteiger charge is 2.54. The lowest BCUT2D eigenvalue weighted by Crippen LogP contribution is -2.65. The van der Waals surface area contributed by atoms with E-state index in [1.807, 2.05) is 37.3 Å². The first kappa shape index (κ1) is 28.9. The molecule has 1 aromatic carbocycles. The molecule has 0 saturated carbocycles. The Kier molecular flexibility index (Phi) is 9.04. The summed E-state index contributed by atoms with van der Waals surface area (Å²) < 4.78 is 40.2. The van der Waals surface area contributed by atoms with Gasteiger partial charge >= 0.3 is 0 Å². The van der Waals surface area contributed by atoms with Crippen molar-refractivity contribution in [2.45, 2.75) is 119 Å². The first-order chi connectivity index (χ1) is 14.9. The molecule has 0 aromatic heterocycles. The third-order valence-corrected chi connectivity index (χ3v) is 18.1. The van der Waals surface area contributed by atoms with E-state index in [9.17, 15) is 4.21 Å². The molecule has 0 radical (unpaired) electrons. The summed E-state index contributed by atoms with van der Waals surface area (Å²) in [7, 11) is -4.14. The van der Waals surface area contributed by atoms with Crippen LogP contribution in [0, 0.1) is 0 Å². The van der Waals surface area contributed by atoms with Crippen LogP contribution in [0.1, 0.15) is 48.5 Å². The molecule has 1 heterocycles. The van der Waals surface area contributed by atoms with E-state index in [4.69, 9.17) is 18.3 Å². The third-order valence-electron chi connectivity index (χ3n) is 7.66. The van der Waals surface area contributed by atoms with Gasteiger partial charge in [0.05, 0.1) is 16.9 Å². The minimum atomic E-state index is -2.24. The summed E-state index contributed by atoms with van der Waals surface area (Å²) in [5.41, 5.74) is -0.641. The Morgan fingerprint density at radius 3 is 1.70 bits per heavy atom. The molecular formula is C25H46O5SSi2. The van der Waals surface area contributed by atoms with Crippen LogP contribution >= 0.6 is 0 Å². The highest BCUT2D eigenvalue weighted by Crippen LogP contribution is 2.44. The van der Waals surface area contributed by atoms with Gasteiger partial charge in [0, 0.05) is 12.0 Å². The Labute approximate surface area is 206 Å². The Morgan fingerprint density at radius 1 is 0.818 bits per heavy atom. The normalized spacial score (nSPS) is 28.5. The molecule has 0 spiro atoms. The molecule has 8 heteroatoms. The molecule has 1 aliphatic rings. The molecule has 1 saturated heterocycles. The van der Waals surface area contributed by atoms with Gasteiger partial charge in [-0.2, -0.15) is 0 Å². The summed E-state index contributed by atoms with van der Waals surface area (Å²) in [6, 6.07) is 9.52. The summed E-state index contributed by atoms with van der Waals surface area (Å²) in [5.74, 6) is 0. The van der Waals surface area contributed by atoms with Crippen LogP contribution in [-0.2, 0) is 29.1 Å². The molecule has 1 fully saturated rings. The quantitative estimate of drug-likeness (QED) is 0.398. The standard InChI is InChI=1S/C25H46O5SSi2/c1-18-20(27-8)21(29-32(9,10)24(2,3)4)22(30-33(11,12)25(5,6)7)23(28-18)31(26)19-16-14-13-15-17-19/h13-18,20-23H,1-12H3/t18-,20-,21+,22-,23-,31?/m0/s1.